The van der Waals surface area contributed by atoms with Crippen LogP contribution in [-0.2, 0) is 0 Å². The van der Waals surface area contributed by atoms with E-state index in [4.69, 9.17) is 6.42 Å². The van der Waals surface area contributed by atoms with Crippen molar-refractivity contribution in [2.24, 2.45) is 17.3 Å². The predicted molar refractivity (Wildman–Crippen MR) is 103 cm³/mol. The van der Waals surface area contributed by atoms with Crippen molar-refractivity contribution in [1.29, 1.82) is 0 Å². The highest BCUT2D eigenvalue weighted by molar-refractivity contribution is 5.42. The van der Waals surface area contributed by atoms with E-state index in [0.29, 0.717) is 6.04 Å². The Morgan fingerprint density at radius 2 is 1.65 bits per heavy atom. The SMILES string of the molecule is C#C[C@@]1(O)[C@H]2CCC[C@@]23[C@@H]1[C@@H](c1ccccc1)N(C)[C@@H]3c1ccccc1. The van der Waals surface area contributed by atoms with Gasteiger partial charge in [0, 0.05) is 29.3 Å². The van der Waals surface area contributed by atoms with E-state index in [2.05, 4.69) is 78.5 Å². The number of aliphatic hydroxyl groups is 1. The highest BCUT2D eigenvalue weighted by Gasteiger charge is 2.79. The molecule has 1 aliphatic heterocycles. The van der Waals surface area contributed by atoms with Gasteiger partial charge < -0.3 is 5.11 Å². The van der Waals surface area contributed by atoms with Gasteiger partial charge >= 0.3 is 0 Å². The van der Waals surface area contributed by atoms with E-state index in [9.17, 15) is 5.11 Å². The van der Waals surface area contributed by atoms with Crippen molar-refractivity contribution in [3.63, 3.8) is 0 Å². The van der Waals surface area contributed by atoms with E-state index in [-0.39, 0.29) is 23.3 Å². The molecule has 5 rings (SSSR count). The molecule has 0 unspecified atom stereocenters. The molecule has 1 spiro atoms. The number of likely N-dealkylation sites (tertiary alicyclic amines) is 1. The van der Waals surface area contributed by atoms with Crippen molar-refractivity contribution < 1.29 is 5.11 Å². The lowest BCUT2D eigenvalue weighted by Gasteiger charge is -2.61. The van der Waals surface area contributed by atoms with Crippen molar-refractivity contribution in [2.45, 2.75) is 36.9 Å². The average molecular weight is 343 g/mol. The molecule has 2 saturated carbocycles. The number of benzene rings is 2. The molecule has 2 heteroatoms. The summed E-state index contributed by atoms with van der Waals surface area (Å²) in [5, 5.41) is 11.5. The van der Waals surface area contributed by atoms with Crippen LogP contribution in [-0.4, -0.2) is 22.7 Å². The predicted octanol–water partition coefficient (Wildman–Crippen LogP) is 4.20. The molecule has 0 aromatic heterocycles. The Kier molecular flexibility index (Phi) is 3.38. The molecule has 3 fully saturated rings. The van der Waals surface area contributed by atoms with Crippen LogP contribution in [0.15, 0.2) is 60.7 Å². The first kappa shape index (κ1) is 16.1. The van der Waals surface area contributed by atoms with E-state index < -0.39 is 5.60 Å². The Morgan fingerprint density at radius 1 is 1.04 bits per heavy atom. The Bertz CT molecular complexity index is 857. The van der Waals surface area contributed by atoms with Gasteiger partial charge in [-0.2, -0.15) is 0 Å². The van der Waals surface area contributed by atoms with Gasteiger partial charge in [0.15, 0.2) is 0 Å². The second-order valence-electron chi connectivity index (χ2n) is 8.34. The molecular weight excluding hydrogens is 318 g/mol. The molecule has 26 heavy (non-hydrogen) atoms. The van der Waals surface area contributed by atoms with Crippen LogP contribution < -0.4 is 0 Å². The van der Waals surface area contributed by atoms with E-state index >= 15 is 0 Å². The summed E-state index contributed by atoms with van der Waals surface area (Å²) in [6.07, 6.45) is 9.27. The molecule has 3 aliphatic rings. The normalized spacial score (nSPS) is 41.1. The average Bonchev–Trinajstić information content (AvgIpc) is 3.19. The summed E-state index contributed by atoms with van der Waals surface area (Å²) >= 11 is 0. The summed E-state index contributed by atoms with van der Waals surface area (Å²) < 4.78 is 0. The number of hydrogen-bond donors (Lipinski definition) is 1. The zero-order valence-corrected chi connectivity index (χ0v) is 15.2. The van der Waals surface area contributed by atoms with Gasteiger partial charge in [-0.15, -0.1) is 6.42 Å². The summed E-state index contributed by atoms with van der Waals surface area (Å²) in [4.78, 5) is 2.49. The molecule has 2 aromatic carbocycles. The lowest BCUT2D eigenvalue weighted by atomic mass is 9.43. The summed E-state index contributed by atoms with van der Waals surface area (Å²) in [6, 6.07) is 21.9. The van der Waals surface area contributed by atoms with Crippen LogP contribution in [0.3, 0.4) is 0 Å². The van der Waals surface area contributed by atoms with Gasteiger partial charge in [0.2, 0.25) is 0 Å². The van der Waals surface area contributed by atoms with Gasteiger partial charge in [0.25, 0.3) is 0 Å². The van der Waals surface area contributed by atoms with Crippen LogP contribution in [0.1, 0.15) is 42.5 Å². The Labute approximate surface area is 155 Å². The van der Waals surface area contributed by atoms with E-state index in [1.807, 2.05) is 0 Å². The largest absolute Gasteiger partial charge is 0.377 e. The molecule has 1 saturated heterocycles. The molecule has 2 aromatic rings. The van der Waals surface area contributed by atoms with Crippen LogP contribution >= 0.6 is 0 Å². The van der Waals surface area contributed by atoms with Gasteiger partial charge in [-0.3, -0.25) is 4.90 Å². The van der Waals surface area contributed by atoms with Crippen molar-refractivity contribution >= 4 is 0 Å². The Morgan fingerprint density at radius 3 is 2.27 bits per heavy atom. The zero-order valence-electron chi connectivity index (χ0n) is 15.2. The minimum Gasteiger partial charge on any atom is -0.377 e. The summed E-state index contributed by atoms with van der Waals surface area (Å²) in [6.45, 7) is 0. The van der Waals surface area contributed by atoms with E-state index in [1.165, 1.54) is 11.1 Å². The molecule has 132 valence electrons. The monoisotopic (exact) mass is 343 g/mol. The fourth-order valence-corrected chi connectivity index (χ4v) is 6.84. The minimum atomic E-state index is -0.991. The fourth-order valence-electron chi connectivity index (χ4n) is 6.84. The summed E-state index contributed by atoms with van der Waals surface area (Å²) in [7, 11) is 2.22. The van der Waals surface area contributed by atoms with Crippen LogP contribution in [0.4, 0.5) is 0 Å². The molecule has 0 amide bonds. The molecule has 0 bridgehead atoms. The minimum absolute atomic E-state index is 0.0811. The van der Waals surface area contributed by atoms with Crippen LogP contribution in [0.2, 0.25) is 0 Å². The molecule has 1 N–H and O–H groups in total. The number of terminal acetylenes is 1. The highest BCUT2D eigenvalue weighted by Crippen LogP contribution is 2.79. The third-order valence-electron chi connectivity index (χ3n) is 7.49. The molecule has 2 aliphatic carbocycles. The number of rotatable bonds is 2. The van der Waals surface area contributed by atoms with Gasteiger partial charge in [0.05, 0.1) is 0 Å². The zero-order chi connectivity index (χ0) is 17.9. The topological polar surface area (TPSA) is 23.5 Å². The van der Waals surface area contributed by atoms with Crippen LogP contribution in [0, 0.1) is 29.6 Å². The van der Waals surface area contributed by atoms with Gasteiger partial charge in [0.1, 0.15) is 5.60 Å². The van der Waals surface area contributed by atoms with E-state index in [1.54, 1.807) is 0 Å². The van der Waals surface area contributed by atoms with Crippen molar-refractivity contribution in [3.05, 3.63) is 71.8 Å². The molecule has 2 nitrogen and oxygen atoms in total. The maximum atomic E-state index is 11.5. The highest BCUT2D eigenvalue weighted by atomic mass is 16.3. The first-order valence-electron chi connectivity index (χ1n) is 9.66. The Hall–Kier alpha value is -2.08. The first-order chi connectivity index (χ1) is 12.6. The Balaban J connectivity index is 1.71. The second kappa shape index (κ2) is 5.46. The lowest BCUT2D eigenvalue weighted by Crippen LogP contribution is -2.66. The number of nitrogens with zero attached hydrogens (tertiary/aromatic N) is 1. The third kappa shape index (κ3) is 1.76. The smallest absolute Gasteiger partial charge is 0.133 e. The fraction of sp³-hybridized carbons (Fsp3) is 0.417. The molecule has 1 heterocycles. The standard InChI is InChI=1S/C24H25NO/c1-3-24(26)19-15-10-16-23(19)21(24)20(17-11-6-4-7-12-17)25(2)22(23)18-13-8-5-9-14-18/h1,4-9,11-14,19-22,26H,10,15-16H2,2H3/t19-,20+,21-,22+,23-,24+/m0/s1. The van der Waals surface area contributed by atoms with Gasteiger partial charge in [-0.05, 0) is 31.0 Å². The second-order valence-corrected chi connectivity index (χ2v) is 8.34. The molecular formula is C24H25NO. The first-order valence-corrected chi connectivity index (χ1v) is 9.66. The number of hydrogen-bond acceptors (Lipinski definition) is 2. The maximum Gasteiger partial charge on any atom is 0.133 e. The lowest BCUT2D eigenvalue weighted by molar-refractivity contribution is -0.199. The van der Waals surface area contributed by atoms with Crippen LogP contribution in [0.5, 0.6) is 0 Å². The van der Waals surface area contributed by atoms with Gasteiger partial charge in [-0.1, -0.05) is 73.0 Å². The molecule has 0 radical (unpaired) electrons. The molecule has 6 atom stereocenters. The summed E-state index contributed by atoms with van der Waals surface area (Å²) in [5.41, 5.74) is 1.70. The summed E-state index contributed by atoms with van der Waals surface area (Å²) in [5.74, 6) is 3.13. The maximum absolute atomic E-state index is 11.5. The van der Waals surface area contributed by atoms with Crippen molar-refractivity contribution in [1.82, 2.24) is 4.90 Å². The van der Waals surface area contributed by atoms with Crippen molar-refractivity contribution in [3.8, 4) is 12.3 Å². The van der Waals surface area contributed by atoms with Gasteiger partial charge in [-0.25, -0.2) is 0 Å². The quantitative estimate of drug-likeness (QED) is 0.826. The van der Waals surface area contributed by atoms with E-state index in [0.717, 1.165) is 19.3 Å². The van der Waals surface area contributed by atoms with Crippen molar-refractivity contribution in [2.75, 3.05) is 7.05 Å². The van der Waals surface area contributed by atoms with Crippen LogP contribution in [0.25, 0.3) is 0 Å². The third-order valence-corrected chi connectivity index (χ3v) is 7.49.